The van der Waals surface area contributed by atoms with E-state index >= 15 is 0 Å². The Bertz CT molecular complexity index is 4000. The first-order valence-electron chi connectivity index (χ1n) is 52.7. The number of amides is 7. The molecule has 8 atom stereocenters. The molecule has 0 bridgehead atoms. The van der Waals surface area contributed by atoms with Gasteiger partial charge in [0.15, 0.2) is 5.78 Å². The van der Waals surface area contributed by atoms with Gasteiger partial charge in [0.05, 0.1) is 54.0 Å². The van der Waals surface area contributed by atoms with E-state index in [4.69, 9.17) is 48.4 Å². The van der Waals surface area contributed by atoms with Gasteiger partial charge in [0.1, 0.15) is 52.5 Å². The van der Waals surface area contributed by atoms with Gasteiger partial charge in [-0.25, -0.2) is 19.2 Å². The first-order chi connectivity index (χ1) is 67.5. The van der Waals surface area contributed by atoms with Gasteiger partial charge in [0.25, 0.3) is 0 Å². The van der Waals surface area contributed by atoms with Gasteiger partial charge in [-0.2, -0.15) is 0 Å². The van der Waals surface area contributed by atoms with Crippen LogP contribution in [0.15, 0.2) is 48.5 Å². The minimum Gasteiger partial charge on any atom is -0.494 e. The molecule has 0 fully saturated rings. The SMILES string of the molecule is CC(=O)[C@H](CCCCNC(=O)[C@@H](N)CCCCNC(=O)[C@@H](N)CCCCCC(=O)CC[C@H](NC(=O)CCCCCCCNC(=O)CCCCCCCCCOc1ccc(C(=O)O)cc1)C(=O)O)CC(=O)[C@H](CCCCNC(=O)[C@@H](N)CCCCNC(=O)[C@@H](N)CCCCCC(=O)CC[C@H](NC(=O)CCCCCCCCC(=O)CCCCCCCCCOc1ccc(C(=O)O)cc1)C(=O)O)CC(=O)C(C)(C)N.[HH].[HH].[HH]. The molecule has 2 aromatic carbocycles. The molecule has 0 saturated carbocycles. The number of rotatable bonds is 94. The highest BCUT2D eigenvalue weighted by atomic mass is 16.5. The van der Waals surface area contributed by atoms with Crippen molar-refractivity contribution >= 4 is 99.9 Å². The van der Waals surface area contributed by atoms with Crippen LogP contribution in [0.1, 0.15) is 418 Å². The van der Waals surface area contributed by atoms with E-state index in [1.54, 1.807) is 38.1 Å². The number of ketones is 6. The molecule has 0 unspecified atom stereocenters. The smallest absolute Gasteiger partial charge is 0.335 e. The van der Waals surface area contributed by atoms with E-state index in [-0.39, 0.29) is 156 Å². The van der Waals surface area contributed by atoms with Crippen LogP contribution in [-0.2, 0) is 71.9 Å². The number of ether oxygens (including phenoxy) is 2. The molecule has 0 radical (unpaired) electrons. The summed E-state index contributed by atoms with van der Waals surface area (Å²) >= 11 is 0. The van der Waals surface area contributed by atoms with Gasteiger partial charge < -0.3 is 95.8 Å². The lowest BCUT2D eigenvalue weighted by Gasteiger charge is -2.23. The fourth-order valence-electron chi connectivity index (χ4n) is 16.3. The second-order valence-corrected chi connectivity index (χ2v) is 38.7. The van der Waals surface area contributed by atoms with Crippen molar-refractivity contribution in [2.24, 2.45) is 40.5 Å². The van der Waals surface area contributed by atoms with Crippen LogP contribution in [0.5, 0.6) is 11.5 Å². The molecule has 2 aromatic rings. The van der Waals surface area contributed by atoms with E-state index in [1.807, 2.05) is 0 Å². The third-order valence-corrected chi connectivity index (χ3v) is 25.5. The molecule has 0 aliphatic carbocycles. The van der Waals surface area contributed by atoms with Crippen molar-refractivity contribution in [2.75, 3.05) is 45.9 Å². The highest BCUT2D eigenvalue weighted by Crippen LogP contribution is 2.26. The second kappa shape index (κ2) is 79.5. The average molecular weight is 1990 g/mol. The zero-order valence-corrected chi connectivity index (χ0v) is 85.1. The van der Waals surface area contributed by atoms with Crippen LogP contribution in [0.2, 0.25) is 0 Å². The van der Waals surface area contributed by atoms with Crippen LogP contribution in [0.4, 0.5) is 0 Å². The summed E-state index contributed by atoms with van der Waals surface area (Å²) in [6.45, 7) is 7.54. The van der Waals surface area contributed by atoms with Crippen molar-refractivity contribution in [2.45, 2.75) is 435 Å². The number of carbonyl (C=O) groups excluding carboxylic acids is 13. The molecular formula is C106H182N12O23. The number of aromatic carboxylic acids is 2. The Morgan fingerprint density at radius 2 is 0.567 bits per heavy atom. The zero-order chi connectivity index (χ0) is 104. The number of unbranched alkanes of at least 4 members (excludes halogenated alkanes) is 29. The van der Waals surface area contributed by atoms with Gasteiger partial charge in [-0.15, -0.1) is 0 Å². The van der Waals surface area contributed by atoms with E-state index in [0.717, 1.165) is 148 Å². The number of hydrogen-bond donors (Lipinski definition) is 16. The molecule has 0 saturated heterocycles. The normalized spacial score (nSPS) is 13.0. The van der Waals surface area contributed by atoms with E-state index in [1.165, 1.54) is 31.2 Å². The Balaban J connectivity index is 0. The molecule has 7 amide bonds. The van der Waals surface area contributed by atoms with Crippen LogP contribution in [0.3, 0.4) is 0 Å². The molecule has 35 heteroatoms. The summed E-state index contributed by atoms with van der Waals surface area (Å²) in [6, 6.07) is 7.29. The number of benzene rings is 2. The Labute approximate surface area is 841 Å². The maximum absolute atomic E-state index is 13.9. The molecule has 0 heterocycles. The molecule has 0 spiro atoms. The van der Waals surface area contributed by atoms with Gasteiger partial charge in [0, 0.05) is 119 Å². The Kier molecular flexibility index (Phi) is 71.6. The Morgan fingerprint density at radius 3 is 0.887 bits per heavy atom. The standard InChI is InChI=1S/C106H176N12O23.3H2/c1-77(119)80(43-32-37-69-113-100(130)89(109)51-34-39-71-115-98(128)87(107)49-28-22-26-48-84(122)61-67-92(105(138)139)118-97(127)55-31-17-12-18-36-68-112-95(125)53-29-15-7-5-11-20-42-74-141-86-64-58-79(59-65-86)103(134)135)75-93(123)81(76-94(124)106(2,3)111)44-33-38-70-114-101(131)90(110)52-35-40-72-116-99(129)88(108)50-27-21-25-47-83(121)60-66-91(104(136)137)117-96(126)54-30-16-9-8-14-24-46-82(120)45-23-13-6-4-10-19-41-73-140-85-62-56-78(57-63-85)102(132)133;;;/h56-59,62-65,80-81,87-92H,4-55,60-61,66-76,107-111H2,1-3H3,(H,112,125)(H,113,130)(H,114,131)(H,115,128)(H,116,129)(H,117,126)(H,118,127)(H,132,133)(H,134,135)(H,136,137)(H,138,139);3*1H/t80-,81-,87+,88+,89+,90+,91+,92+;;;/m1.../s1. The van der Waals surface area contributed by atoms with Crippen LogP contribution in [-0.4, -0.2) is 208 Å². The monoisotopic (exact) mass is 1990 g/mol. The van der Waals surface area contributed by atoms with Crippen molar-refractivity contribution in [1.29, 1.82) is 0 Å². The molecule has 2 rings (SSSR count). The van der Waals surface area contributed by atoms with Crippen molar-refractivity contribution < 1.29 is 116 Å². The highest BCUT2D eigenvalue weighted by Gasteiger charge is 2.32. The summed E-state index contributed by atoms with van der Waals surface area (Å²) in [4.78, 5) is 212. The number of carboxylic acids is 4. The summed E-state index contributed by atoms with van der Waals surface area (Å²) in [5.74, 6) is -7.03. The van der Waals surface area contributed by atoms with Crippen LogP contribution in [0, 0.1) is 11.8 Å². The summed E-state index contributed by atoms with van der Waals surface area (Å²) < 4.78 is 11.4. The molecule has 0 aliphatic rings. The fraction of sp³-hybridized carbons (Fsp3) is 0.726. The molecule has 804 valence electrons. The largest absolute Gasteiger partial charge is 0.494 e. The summed E-state index contributed by atoms with van der Waals surface area (Å²) in [6.07, 6.45) is 35.5. The molecular weight excluding hydrogens is 1810 g/mol. The highest BCUT2D eigenvalue weighted by molar-refractivity contribution is 5.95. The maximum atomic E-state index is 13.9. The topological polar surface area (TPSA) is 604 Å². The number of Topliss-reactive ketones (excluding diaryl/α,β-unsaturated/α-hetero) is 6. The van der Waals surface area contributed by atoms with E-state index in [9.17, 15) is 91.7 Å². The lowest BCUT2D eigenvalue weighted by molar-refractivity contribution is -0.142. The minimum absolute atomic E-state index is 0. The van der Waals surface area contributed by atoms with Gasteiger partial charge in [-0.1, -0.05) is 148 Å². The van der Waals surface area contributed by atoms with E-state index < -0.39 is 77.5 Å². The molecule has 21 N–H and O–H groups in total. The predicted molar refractivity (Wildman–Crippen MR) is 549 cm³/mol. The predicted octanol–water partition coefficient (Wildman–Crippen LogP) is 14.3. The van der Waals surface area contributed by atoms with Gasteiger partial charge in [-0.3, -0.25) is 62.3 Å². The average Bonchev–Trinajstić information content (AvgIpc) is 0.865. The first-order valence-corrected chi connectivity index (χ1v) is 52.7. The number of nitrogens with two attached hydrogens (primary N) is 5. The fourth-order valence-corrected chi connectivity index (χ4v) is 16.3. The number of carboxylic acid groups (broad SMARTS) is 4. The maximum Gasteiger partial charge on any atom is 0.335 e. The number of hydrogen-bond acceptors (Lipinski definition) is 24. The van der Waals surface area contributed by atoms with Crippen molar-refractivity contribution in [3.63, 3.8) is 0 Å². The Hall–Kier alpha value is -9.97. The van der Waals surface area contributed by atoms with Gasteiger partial charge in [0.2, 0.25) is 41.4 Å². The van der Waals surface area contributed by atoms with Gasteiger partial charge in [-0.05, 0) is 223 Å². The summed E-state index contributed by atoms with van der Waals surface area (Å²) in [7, 11) is 0. The number of aliphatic carboxylic acids is 2. The molecule has 0 aliphatic heterocycles. The molecule has 35 nitrogen and oxygen atoms in total. The molecule has 0 aromatic heterocycles. The van der Waals surface area contributed by atoms with Crippen molar-refractivity contribution in [1.82, 2.24) is 37.2 Å². The third-order valence-electron chi connectivity index (χ3n) is 25.5. The number of carbonyl (C=O) groups is 17. The second-order valence-electron chi connectivity index (χ2n) is 38.7. The quantitative estimate of drug-likeness (QED) is 0.0274. The van der Waals surface area contributed by atoms with Crippen LogP contribution >= 0.6 is 0 Å². The molecule has 141 heavy (non-hydrogen) atoms. The summed E-state index contributed by atoms with van der Waals surface area (Å²) in [5.41, 5.74) is 30.1. The lowest BCUT2D eigenvalue weighted by Crippen LogP contribution is -2.43. The Morgan fingerprint density at radius 1 is 0.305 bits per heavy atom. The lowest BCUT2D eigenvalue weighted by atomic mass is 9.82. The number of nitrogens with one attached hydrogen (secondary N) is 7. The summed E-state index contributed by atoms with van der Waals surface area (Å²) in [5, 5.41) is 56.9. The van der Waals surface area contributed by atoms with Crippen LogP contribution in [0.25, 0.3) is 0 Å². The van der Waals surface area contributed by atoms with Crippen LogP contribution < -0.4 is 75.4 Å². The van der Waals surface area contributed by atoms with E-state index in [0.29, 0.717) is 217 Å². The van der Waals surface area contributed by atoms with Crippen molar-refractivity contribution in [3.05, 3.63) is 59.7 Å². The zero-order valence-electron chi connectivity index (χ0n) is 85.1. The van der Waals surface area contributed by atoms with Gasteiger partial charge >= 0.3 is 23.9 Å². The van der Waals surface area contributed by atoms with Crippen molar-refractivity contribution in [3.8, 4) is 11.5 Å². The third kappa shape index (κ3) is 67.2. The minimum atomic E-state index is -1.21. The van der Waals surface area contributed by atoms with E-state index in [2.05, 4.69) is 37.2 Å². The first kappa shape index (κ1) is 127.